The smallest absolute Gasteiger partial charge is 0.459 e. The normalized spacial score (nSPS) is 22.3. The zero-order valence-electron chi connectivity index (χ0n) is 18.2. The van der Waals surface area contributed by atoms with E-state index >= 15 is 0 Å². The van der Waals surface area contributed by atoms with Gasteiger partial charge in [-0.3, -0.25) is 14.5 Å². The van der Waals surface area contributed by atoms with Crippen molar-refractivity contribution in [3.63, 3.8) is 0 Å². The van der Waals surface area contributed by atoms with Gasteiger partial charge in [0, 0.05) is 9.65 Å². The first kappa shape index (κ1) is 23.5. The Morgan fingerprint density at radius 1 is 1.23 bits per heavy atom. The van der Waals surface area contributed by atoms with Gasteiger partial charge in [0.15, 0.2) is 0 Å². The molecule has 3 rings (SSSR count). The van der Waals surface area contributed by atoms with Crippen molar-refractivity contribution in [1.82, 2.24) is 4.90 Å². The van der Waals surface area contributed by atoms with E-state index in [1.165, 1.54) is 28.0 Å². The summed E-state index contributed by atoms with van der Waals surface area (Å²) in [5.74, 6) is -0.777. The standard InChI is InChI=1S/C20H26BNO5S3/c1-18(2,3)25-15(23)11-22-16(24)13(30-17(22)28)10-12-8-9-14(29-12)21-26-19(4,5)20(6,7)27-21/h8-10H,11H2,1-7H3/b13-10-. The Bertz CT molecular complexity index is 900. The Labute approximate surface area is 191 Å². The monoisotopic (exact) mass is 467 g/mol. The van der Waals surface area contributed by atoms with Crippen LogP contribution in [-0.2, 0) is 23.6 Å². The summed E-state index contributed by atoms with van der Waals surface area (Å²) in [4.78, 5) is 27.5. The van der Waals surface area contributed by atoms with Gasteiger partial charge in [-0.15, -0.1) is 11.3 Å². The van der Waals surface area contributed by atoms with E-state index in [4.69, 9.17) is 26.3 Å². The highest BCUT2D eigenvalue weighted by Crippen LogP contribution is 2.37. The molecule has 0 unspecified atom stereocenters. The molecule has 2 aliphatic heterocycles. The summed E-state index contributed by atoms with van der Waals surface area (Å²) < 4.78 is 18.8. The molecule has 162 valence electrons. The van der Waals surface area contributed by atoms with Crippen LogP contribution in [0, 0.1) is 0 Å². The maximum Gasteiger partial charge on any atom is 0.505 e. The van der Waals surface area contributed by atoms with Crippen molar-refractivity contribution in [3.8, 4) is 0 Å². The van der Waals surface area contributed by atoms with E-state index in [0.717, 1.165) is 9.65 Å². The Morgan fingerprint density at radius 3 is 2.40 bits per heavy atom. The molecule has 0 radical (unpaired) electrons. The van der Waals surface area contributed by atoms with Crippen LogP contribution >= 0.6 is 35.3 Å². The van der Waals surface area contributed by atoms with Crippen LogP contribution in [-0.4, -0.2) is 51.6 Å². The van der Waals surface area contributed by atoms with Crippen LogP contribution in [0.5, 0.6) is 0 Å². The highest BCUT2D eigenvalue weighted by Gasteiger charge is 2.52. The van der Waals surface area contributed by atoms with Gasteiger partial charge in [0.05, 0.1) is 16.1 Å². The predicted octanol–water partition coefficient (Wildman–Crippen LogP) is 3.59. The Kier molecular flexibility index (Phi) is 6.30. The van der Waals surface area contributed by atoms with Crippen molar-refractivity contribution in [1.29, 1.82) is 0 Å². The fourth-order valence-corrected chi connectivity index (χ4v) is 5.03. The molecule has 0 aliphatic carbocycles. The zero-order valence-corrected chi connectivity index (χ0v) is 20.7. The second-order valence-corrected chi connectivity index (χ2v) is 12.0. The zero-order chi connectivity index (χ0) is 22.5. The summed E-state index contributed by atoms with van der Waals surface area (Å²) in [7, 11) is -0.441. The number of esters is 1. The molecule has 6 nitrogen and oxygen atoms in total. The first-order valence-corrected chi connectivity index (χ1v) is 11.7. The molecule has 0 spiro atoms. The number of ether oxygens (including phenoxy) is 1. The van der Waals surface area contributed by atoms with Gasteiger partial charge in [0.1, 0.15) is 16.5 Å². The summed E-state index contributed by atoms with van der Waals surface area (Å²) in [5, 5.41) is 0. The maximum atomic E-state index is 12.8. The predicted molar refractivity (Wildman–Crippen MR) is 126 cm³/mol. The van der Waals surface area contributed by atoms with Gasteiger partial charge in [0.25, 0.3) is 5.91 Å². The third-order valence-electron chi connectivity index (χ3n) is 4.99. The van der Waals surface area contributed by atoms with Crippen LogP contribution in [0.1, 0.15) is 53.3 Å². The number of thiophene rings is 1. The van der Waals surface area contributed by atoms with Crippen LogP contribution in [0.4, 0.5) is 0 Å². The largest absolute Gasteiger partial charge is 0.505 e. The van der Waals surface area contributed by atoms with Gasteiger partial charge in [0.2, 0.25) is 0 Å². The van der Waals surface area contributed by atoms with E-state index in [0.29, 0.717) is 9.23 Å². The van der Waals surface area contributed by atoms with Crippen LogP contribution < -0.4 is 4.78 Å². The second-order valence-electron chi connectivity index (χ2n) is 9.18. The van der Waals surface area contributed by atoms with Crippen LogP contribution in [0.25, 0.3) is 6.08 Å². The van der Waals surface area contributed by atoms with Gasteiger partial charge < -0.3 is 14.0 Å². The SMILES string of the molecule is CC(C)(C)OC(=O)CN1C(=O)/C(=C/c2ccc(B3OC(C)(C)C(C)(C)O3)s2)SC1=S. The fourth-order valence-electron chi connectivity index (χ4n) is 2.80. The molecule has 30 heavy (non-hydrogen) atoms. The molecular weight excluding hydrogens is 441 g/mol. The van der Waals surface area contributed by atoms with Crippen molar-refractivity contribution >= 4 is 69.5 Å². The lowest BCUT2D eigenvalue weighted by Crippen LogP contribution is -2.41. The first-order chi connectivity index (χ1) is 13.7. The van der Waals surface area contributed by atoms with E-state index in [9.17, 15) is 9.59 Å². The van der Waals surface area contributed by atoms with Crippen molar-refractivity contribution in [2.24, 2.45) is 0 Å². The molecule has 0 saturated carbocycles. The molecule has 2 aliphatic rings. The van der Waals surface area contributed by atoms with E-state index in [2.05, 4.69) is 0 Å². The van der Waals surface area contributed by atoms with Crippen molar-refractivity contribution < 1.29 is 23.6 Å². The molecule has 1 aromatic rings. The fraction of sp³-hybridized carbons (Fsp3) is 0.550. The van der Waals surface area contributed by atoms with Gasteiger partial charge in [-0.25, -0.2) is 0 Å². The minimum absolute atomic E-state index is 0.192. The topological polar surface area (TPSA) is 65.1 Å². The average molecular weight is 467 g/mol. The molecule has 1 amide bonds. The lowest BCUT2D eigenvalue weighted by molar-refractivity contribution is -0.156. The van der Waals surface area contributed by atoms with Crippen molar-refractivity contribution in [2.45, 2.75) is 65.3 Å². The summed E-state index contributed by atoms with van der Waals surface area (Å²) in [6, 6.07) is 3.87. The molecular formula is C20H26BNO5S3. The summed E-state index contributed by atoms with van der Waals surface area (Å²) >= 11 is 7.98. The summed E-state index contributed by atoms with van der Waals surface area (Å²) in [5.41, 5.74) is -1.44. The minimum atomic E-state index is -0.617. The number of rotatable bonds is 4. The highest BCUT2D eigenvalue weighted by atomic mass is 32.2. The number of hydrogen-bond acceptors (Lipinski definition) is 8. The highest BCUT2D eigenvalue weighted by molar-refractivity contribution is 8.26. The van der Waals surface area contributed by atoms with Gasteiger partial charge in [-0.05, 0) is 60.6 Å². The molecule has 0 bridgehead atoms. The molecule has 0 atom stereocenters. The molecule has 2 fully saturated rings. The first-order valence-electron chi connectivity index (χ1n) is 9.61. The minimum Gasteiger partial charge on any atom is -0.459 e. The molecule has 1 aromatic heterocycles. The molecule has 2 saturated heterocycles. The van der Waals surface area contributed by atoms with E-state index in [-0.39, 0.29) is 12.5 Å². The summed E-state index contributed by atoms with van der Waals surface area (Å²) in [6.07, 6.45) is 1.79. The quantitative estimate of drug-likeness (QED) is 0.290. The van der Waals surface area contributed by atoms with E-state index < -0.39 is 29.9 Å². The summed E-state index contributed by atoms with van der Waals surface area (Å²) in [6.45, 7) is 13.2. The van der Waals surface area contributed by atoms with Crippen LogP contribution in [0.2, 0.25) is 0 Å². The lowest BCUT2D eigenvalue weighted by atomic mass is 9.88. The number of hydrogen-bond donors (Lipinski definition) is 0. The molecule has 10 heteroatoms. The van der Waals surface area contributed by atoms with Crippen molar-refractivity contribution in [3.05, 3.63) is 21.9 Å². The maximum absolute atomic E-state index is 12.8. The molecule has 0 aromatic carbocycles. The average Bonchev–Trinajstić information content (AvgIpc) is 3.19. The third kappa shape index (κ3) is 4.99. The Hall–Kier alpha value is -1.20. The molecule has 3 heterocycles. The van der Waals surface area contributed by atoms with Gasteiger partial charge in [-0.2, -0.15) is 0 Å². The Balaban J connectivity index is 1.71. The van der Waals surface area contributed by atoms with Gasteiger partial charge in [-0.1, -0.05) is 30.0 Å². The number of thiocarbonyl (C=S) groups is 1. The van der Waals surface area contributed by atoms with E-state index in [1.54, 1.807) is 26.8 Å². The number of carbonyl (C=O) groups excluding carboxylic acids is 2. The number of amides is 1. The third-order valence-corrected chi connectivity index (χ3v) is 7.42. The second kappa shape index (κ2) is 8.05. The van der Waals surface area contributed by atoms with Gasteiger partial charge >= 0.3 is 13.1 Å². The number of carbonyl (C=O) groups is 2. The van der Waals surface area contributed by atoms with Crippen LogP contribution in [0.15, 0.2) is 17.0 Å². The van der Waals surface area contributed by atoms with Crippen molar-refractivity contribution in [2.75, 3.05) is 6.54 Å². The number of thioether (sulfide) groups is 1. The lowest BCUT2D eigenvalue weighted by Gasteiger charge is -2.32. The van der Waals surface area contributed by atoms with E-state index in [1.807, 2.05) is 39.8 Å². The molecule has 0 N–H and O–H groups in total. The number of nitrogens with zero attached hydrogens (tertiary/aromatic N) is 1. The Morgan fingerprint density at radius 2 is 1.83 bits per heavy atom. The van der Waals surface area contributed by atoms with Crippen LogP contribution in [0.3, 0.4) is 0 Å².